The SMILES string of the molecule is Cc1ccc(C(=O)OC(CS(=O)(=O)O)(C(F)(F)F)C(F)(F)F)c(OC(=O)c2cccc3ccccc23)c1. The molecule has 0 atom stereocenters. The average molecular weight is 550 g/mol. The van der Waals surface area contributed by atoms with Crippen molar-refractivity contribution in [1.82, 2.24) is 0 Å². The Labute approximate surface area is 205 Å². The molecule has 7 nitrogen and oxygen atoms in total. The molecule has 37 heavy (non-hydrogen) atoms. The van der Waals surface area contributed by atoms with Gasteiger partial charge in [0.2, 0.25) is 0 Å². The highest BCUT2D eigenvalue weighted by Gasteiger charge is 2.76. The van der Waals surface area contributed by atoms with Crippen molar-refractivity contribution < 1.29 is 58.4 Å². The number of alkyl halides is 6. The van der Waals surface area contributed by atoms with Gasteiger partial charge in [-0.15, -0.1) is 0 Å². The van der Waals surface area contributed by atoms with Crippen molar-refractivity contribution >= 4 is 32.8 Å². The topological polar surface area (TPSA) is 107 Å². The second-order valence-electron chi connectivity index (χ2n) is 7.85. The molecule has 3 rings (SSSR count). The van der Waals surface area contributed by atoms with Crippen LogP contribution in [0.4, 0.5) is 26.3 Å². The molecule has 14 heteroatoms. The van der Waals surface area contributed by atoms with Crippen LogP contribution in [-0.4, -0.2) is 48.6 Å². The Morgan fingerprint density at radius 3 is 2.03 bits per heavy atom. The maximum Gasteiger partial charge on any atom is 0.438 e. The lowest BCUT2D eigenvalue weighted by Crippen LogP contribution is -2.63. The molecule has 0 saturated carbocycles. The van der Waals surface area contributed by atoms with Crippen LogP contribution in [-0.2, 0) is 14.9 Å². The zero-order chi connectivity index (χ0) is 27.8. The number of carbonyl (C=O) groups excluding carboxylic acids is 2. The summed E-state index contributed by atoms with van der Waals surface area (Å²) in [5, 5.41) is 1.03. The molecule has 0 unspecified atom stereocenters. The van der Waals surface area contributed by atoms with Crippen molar-refractivity contribution in [2.24, 2.45) is 0 Å². The summed E-state index contributed by atoms with van der Waals surface area (Å²) in [6.07, 6.45) is -13.0. The van der Waals surface area contributed by atoms with Crippen LogP contribution in [0.15, 0.2) is 60.7 Å². The first-order valence-corrected chi connectivity index (χ1v) is 11.7. The number of benzene rings is 3. The fourth-order valence-corrected chi connectivity index (χ4v) is 4.28. The van der Waals surface area contributed by atoms with Crippen LogP contribution in [0.25, 0.3) is 10.8 Å². The van der Waals surface area contributed by atoms with Gasteiger partial charge in [0.1, 0.15) is 17.1 Å². The summed E-state index contributed by atoms with van der Waals surface area (Å²) in [7, 11) is -5.97. The quantitative estimate of drug-likeness (QED) is 0.193. The van der Waals surface area contributed by atoms with Gasteiger partial charge in [0.05, 0.1) is 5.56 Å². The number of rotatable bonds is 6. The highest BCUT2D eigenvalue weighted by atomic mass is 32.2. The van der Waals surface area contributed by atoms with E-state index in [1.807, 2.05) is 0 Å². The number of halogens is 6. The predicted molar refractivity (Wildman–Crippen MR) is 117 cm³/mol. The number of carbonyl (C=O) groups is 2. The molecule has 3 aromatic carbocycles. The van der Waals surface area contributed by atoms with Crippen molar-refractivity contribution in [3.05, 3.63) is 77.4 Å². The Kier molecular flexibility index (Phi) is 7.30. The van der Waals surface area contributed by atoms with Crippen molar-refractivity contribution in [3.8, 4) is 5.75 Å². The summed E-state index contributed by atoms with van der Waals surface area (Å²) in [6.45, 7) is 1.43. The van der Waals surface area contributed by atoms with Crippen molar-refractivity contribution in [2.75, 3.05) is 5.75 Å². The smallest absolute Gasteiger partial charge is 0.434 e. The Morgan fingerprint density at radius 2 is 1.43 bits per heavy atom. The van der Waals surface area contributed by atoms with E-state index in [9.17, 15) is 44.3 Å². The summed E-state index contributed by atoms with van der Waals surface area (Å²) in [5.41, 5.74) is -6.38. The molecule has 0 aliphatic rings. The molecule has 0 aromatic heterocycles. The maximum atomic E-state index is 13.6. The van der Waals surface area contributed by atoms with Gasteiger partial charge in [0.25, 0.3) is 10.1 Å². The van der Waals surface area contributed by atoms with Gasteiger partial charge in [-0.3, -0.25) is 4.55 Å². The molecule has 0 amide bonds. The van der Waals surface area contributed by atoms with Crippen LogP contribution < -0.4 is 4.74 Å². The van der Waals surface area contributed by atoms with Gasteiger partial charge in [-0.25, -0.2) is 9.59 Å². The molecule has 1 N–H and O–H groups in total. The van der Waals surface area contributed by atoms with E-state index in [0.717, 1.165) is 18.2 Å². The zero-order valence-electron chi connectivity index (χ0n) is 18.6. The minimum absolute atomic E-state index is 0.0229. The molecule has 0 heterocycles. The Morgan fingerprint density at radius 1 is 0.838 bits per heavy atom. The molecule has 198 valence electrons. The molecule has 3 aromatic rings. The molecular weight excluding hydrogens is 534 g/mol. The molecule has 0 bridgehead atoms. The van der Waals surface area contributed by atoms with Crippen LogP contribution in [0.5, 0.6) is 5.75 Å². The van der Waals surface area contributed by atoms with Gasteiger partial charge in [-0.2, -0.15) is 34.8 Å². The first kappa shape index (κ1) is 27.9. The van der Waals surface area contributed by atoms with Crippen molar-refractivity contribution in [2.45, 2.75) is 24.9 Å². The highest BCUT2D eigenvalue weighted by molar-refractivity contribution is 7.85. The standard InChI is InChI=1S/C23H16F6O7S/c1-13-9-10-17(20(31)36-21(22(24,25)26,23(27,28)29)12-37(32,33)34)18(11-13)35-19(30)16-8-4-6-14-5-2-3-7-15(14)16/h2-11H,12H2,1H3,(H,32,33,34). The first-order valence-electron chi connectivity index (χ1n) is 10.1. The third-order valence-corrected chi connectivity index (χ3v) is 5.91. The molecule has 0 aliphatic heterocycles. The predicted octanol–water partition coefficient (Wildman–Crippen LogP) is 5.28. The van der Waals surface area contributed by atoms with Gasteiger partial charge >= 0.3 is 29.9 Å². The molecule has 0 spiro atoms. The van der Waals surface area contributed by atoms with Crippen LogP contribution in [0.1, 0.15) is 26.3 Å². The van der Waals surface area contributed by atoms with Gasteiger partial charge in [-0.05, 0) is 41.5 Å². The van der Waals surface area contributed by atoms with E-state index in [2.05, 4.69) is 4.74 Å². The van der Waals surface area contributed by atoms with Crippen LogP contribution in [0, 0.1) is 6.92 Å². The number of esters is 2. The van der Waals surface area contributed by atoms with E-state index in [-0.39, 0.29) is 5.56 Å². The fraction of sp³-hybridized carbons (Fsp3) is 0.217. The van der Waals surface area contributed by atoms with E-state index in [1.54, 1.807) is 30.3 Å². The Bertz CT molecular complexity index is 1440. The van der Waals surface area contributed by atoms with Crippen molar-refractivity contribution in [1.29, 1.82) is 0 Å². The van der Waals surface area contributed by atoms with E-state index in [4.69, 9.17) is 9.29 Å². The van der Waals surface area contributed by atoms with Crippen molar-refractivity contribution in [3.63, 3.8) is 0 Å². The minimum atomic E-state index is -6.51. The van der Waals surface area contributed by atoms with Crippen LogP contribution in [0.3, 0.4) is 0 Å². The lowest BCUT2D eigenvalue weighted by atomic mass is 10.0. The second-order valence-corrected chi connectivity index (χ2v) is 9.31. The maximum absolute atomic E-state index is 13.6. The lowest BCUT2D eigenvalue weighted by Gasteiger charge is -2.35. The van der Waals surface area contributed by atoms with Gasteiger partial charge in [0, 0.05) is 0 Å². The monoisotopic (exact) mass is 550 g/mol. The summed E-state index contributed by atoms with van der Waals surface area (Å²) in [5.74, 6) is -7.19. The summed E-state index contributed by atoms with van der Waals surface area (Å²) < 4.78 is 121. The fourth-order valence-electron chi connectivity index (χ4n) is 3.38. The zero-order valence-corrected chi connectivity index (χ0v) is 19.4. The lowest BCUT2D eigenvalue weighted by molar-refractivity contribution is -0.356. The minimum Gasteiger partial charge on any atom is -0.434 e. The summed E-state index contributed by atoms with van der Waals surface area (Å²) in [6, 6.07) is 13.9. The third kappa shape index (κ3) is 5.85. The molecule has 0 aliphatic carbocycles. The Hall–Kier alpha value is -3.65. The summed E-state index contributed by atoms with van der Waals surface area (Å²) >= 11 is 0. The highest BCUT2D eigenvalue weighted by Crippen LogP contribution is 2.47. The van der Waals surface area contributed by atoms with Crippen LogP contribution in [0.2, 0.25) is 0 Å². The number of aryl methyl sites for hydroxylation is 1. The van der Waals surface area contributed by atoms with E-state index in [1.165, 1.54) is 19.1 Å². The molecule has 0 saturated heterocycles. The van der Waals surface area contributed by atoms with Crippen LogP contribution >= 0.6 is 0 Å². The molecule has 0 fully saturated rings. The number of fused-ring (bicyclic) bond motifs is 1. The molecular formula is C23H16F6O7S. The van der Waals surface area contributed by atoms with Gasteiger partial charge < -0.3 is 9.47 Å². The largest absolute Gasteiger partial charge is 0.438 e. The van der Waals surface area contributed by atoms with Gasteiger partial charge in [0.15, 0.2) is 0 Å². The van der Waals surface area contributed by atoms with Gasteiger partial charge in [-0.1, -0.05) is 42.5 Å². The van der Waals surface area contributed by atoms with E-state index >= 15 is 0 Å². The molecule has 0 radical (unpaired) electrons. The first-order chi connectivity index (χ1) is 17.0. The Balaban J connectivity index is 2.06. The third-order valence-electron chi connectivity index (χ3n) is 5.14. The number of ether oxygens (including phenoxy) is 2. The second kappa shape index (κ2) is 9.67. The normalized spacial score (nSPS) is 12.9. The summed E-state index contributed by atoms with van der Waals surface area (Å²) in [4.78, 5) is 25.5. The van der Waals surface area contributed by atoms with E-state index in [0.29, 0.717) is 16.3 Å². The number of hydrogen-bond acceptors (Lipinski definition) is 6. The van der Waals surface area contributed by atoms with E-state index < -0.39 is 57.1 Å². The average Bonchev–Trinajstić information content (AvgIpc) is 2.75. The number of hydrogen-bond donors (Lipinski definition) is 1.